The van der Waals surface area contributed by atoms with E-state index < -0.39 is 122 Å². The minimum Gasteiger partial charge on any atom is -0.458 e. The summed E-state index contributed by atoms with van der Waals surface area (Å²) < 4.78 is 40.3. The molecule has 8 aliphatic rings. The van der Waals surface area contributed by atoms with Gasteiger partial charge in [-0.05, 0) is 99.4 Å². The van der Waals surface area contributed by atoms with Gasteiger partial charge in [-0.3, -0.25) is 0 Å². The van der Waals surface area contributed by atoms with Gasteiger partial charge in [0.25, 0.3) is 0 Å². The van der Waals surface area contributed by atoms with Gasteiger partial charge in [0.1, 0.15) is 73.8 Å². The summed E-state index contributed by atoms with van der Waals surface area (Å²) in [6.07, 6.45) is -15.8. The molecule has 19 heteroatoms. The number of esters is 1. The van der Waals surface area contributed by atoms with Crippen molar-refractivity contribution in [2.24, 2.45) is 34.5 Å². The Morgan fingerprint density at radius 2 is 1.32 bits per heavy atom. The molecule has 0 aromatic carbocycles. The molecule has 0 spiro atoms. The molecule has 0 radical (unpaired) electrons. The number of carbonyl (C=O) groups is 1. The van der Waals surface area contributed by atoms with Crippen LogP contribution in [0.15, 0.2) is 11.6 Å². The highest BCUT2D eigenvalue weighted by Crippen LogP contribution is 2.70. The van der Waals surface area contributed by atoms with Crippen molar-refractivity contribution < 1.29 is 94.1 Å². The number of fused-ring (bicyclic) bond motifs is 5. The number of hydrogen-bond acceptors (Lipinski definition) is 19. The lowest BCUT2D eigenvalue weighted by molar-refractivity contribution is -0.379. The van der Waals surface area contributed by atoms with Crippen LogP contribution in [0, 0.1) is 34.5 Å². The van der Waals surface area contributed by atoms with E-state index in [0.29, 0.717) is 25.7 Å². The summed E-state index contributed by atoms with van der Waals surface area (Å²) in [5, 5.41) is 119. The predicted octanol–water partition coefficient (Wildman–Crippen LogP) is -2.92. The fraction of sp³-hybridized carbons (Fsp3) is 0.927. The average Bonchev–Trinajstić information content (AvgIpc) is 3.79. The van der Waals surface area contributed by atoms with Crippen LogP contribution < -0.4 is 0 Å². The first-order valence-electron chi connectivity index (χ1n) is 21.6. The second kappa shape index (κ2) is 17.2. The van der Waals surface area contributed by atoms with Crippen LogP contribution in [0.2, 0.25) is 0 Å². The number of hydrogen-bond donors (Lipinski definition) is 11. The van der Waals surface area contributed by atoms with Gasteiger partial charge in [-0.15, -0.1) is 0 Å². The largest absolute Gasteiger partial charge is 0.458 e. The average molecular weight is 861 g/mol. The molecule has 342 valence electrons. The molecule has 8 rings (SSSR count). The van der Waals surface area contributed by atoms with Crippen LogP contribution in [0.1, 0.15) is 71.6 Å². The Labute approximate surface area is 347 Å². The number of cyclic esters (lactones) is 1. The van der Waals surface area contributed by atoms with Crippen molar-refractivity contribution in [3.63, 3.8) is 0 Å². The fourth-order valence-electron chi connectivity index (χ4n) is 12.9. The van der Waals surface area contributed by atoms with Crippen molar-refractivity contribution in [2.75, 3.05) is 26.4 Å². The van der Waals surface area contributed by atoms with Crippen molar-refractivity contribution in [3.8, 4) is 0 Å². The Hall–Kier alpha value is -1.47. The van der Waals surface area contributed by atoms with Crippen LogP contribution >= 0.6 is 0 Å². The van der Waals surface area contributed by atoms with Gasteiger partial charge in [-0.25, -0.2) is 4.79 Å². The second-order valence-electron chi connectivity index (χ2n) is 19.0. The zero-order valence-corrected chi connectivity index (χ0v) is 34.0. The zero-order valence-electron chi connectivity index (χ0n) is 34.0. The van der Waals surface area contributed by atoms with Crippen molar-refractivity contribution in [1.82, 2.24) is 0 Å². The Balaban J connectivity index is 0.876. The van der Waals surface area contributed by atoms with Gasteiger partial charge in [0.05, 0.1) is 31.0 Å². The summed E-state index contributed by atoms with van der Waals surface area (Å²) in [5.74, 6) is -0.0804. The molecule has 23 atom stereocenters. The predicted molar refractivity (Wildman–Crippen MR) is 200 cm³/mol. The summed E-state index contributed by atoms with van der Waals surface area (Å²) in [6, 6.07) is 0. The summed E-state index contributed by atoms with van der Waals surface area (Å²) >= 11 is 0. The van der Waals surface area contributed by atoms with Crippen LogP contribution in [-0.2, 0) is 38.0 Å². The molecule has 4 heterocycles. The lowest BCUT2D eigenvalue weighted by atomic mass is 9.43. The molecule has 3 saturated heterocycles. The summed E-state index contributed by atoms with van der Waals surface area (Å²) in [5.41, 5.74) is -0.786. The number of aliphatic hydroxyl groups excluding tert-OH is 10. The van der Waals surface area contributed by atoms with E-state index in [9.17, 15) is 61.0 Å². The lowest BCUT2D eigenvalue weighted by Crippen LogP contribution is -2.66. The van der Waals surface area contributed by atoms with Crippen LogP contribution in [0.25, 0.3) is 0 Å². The van der Waals surface area contributed by atoms with Gasteiger partial charge in [-0.2, -0.15) is 0 Å². The summed E-state index contributed by atoms with van der Waals surface area (Å²) in [7, 11) is 0. The Bertz CT molecular complexity index is 1560. The summed E-state index contributed by atoms with van der Waals surface area (Å²) in [6.45, 7) is 2.46. The Kier molecular flexibility index (Phi) is 12.9. The van der Waals surface area contributed by atoms with Gasteiger partial charge in [0.15, 0.2) is 18.9 Å². The van der Waals surface area contributed by atoms with Crippen LogP contribution in [0.3, 0.4) is 0 Å². The standard InChI is InChI=1S/C41H64O19/c1-17-34(59-38-33(52)30(49)35(25(14-43)58-38)60-37-31(50)28(47)27(46)24(13-42)57-37)29(48)32(51)36(55-17)56-20-5-9-40(16-44)19(12-20)3-4-23-22(40)6-8-39(2)21(7-10-41(23,39)53)18-11-26(45)54-15-18/h11,17,19-25,27-38,42-44,46-53H,3-10,12-16H2,1-2H3/t17-,19-,20+,21-,22+,23-,24-,25-,27-,28+,29+,30-,31-,32-,33-,34+,35-,36+,37+,38+,39-,40-,41+/m1/s1. The first-order chi connectivity index (χ1) is 28.5. The van der Waals surface area contributed by atoms with Gasteiger partial charge in [0.2, 0.25) is 0 Å². The topological polar surface area (TPSA) is 304 Å². The lowest BCUT2D eigenvalue weighted by Gasteiger charge is -2.64. The third-order valence-electron chi connectivity index (χ3n) is 16.3. The molecule has 0 amide bonds. The number of ether oxygens (including phenoxy) is 7. The number of rotatable bonds is 10. The SMILES string of the molecule is C[C@H]1O[C@@H](O[C@H]2CC[C@@]3(CO)[C@H](CC[C@@H]4[C@@H]3CC[C@]3(C)[C@@H](C5=CC(=O)OC5)CC[C@]43O)C2)[C@H](O)[C@H](O)[C@H]1O[C@@H]1O[C@H](CO)[C@@H](O[C@@H]2O[C@H](CO)[C@@H](O)[C@H](O)[C@H]2O)[C@H](O)[C@H]1O. The normalized spacial score (nSPS) is 54.4. The first-order valence-corrected chi connectivity index (χ1v) is 21.6. The highest BCUT2D eigenvalue weighted by Gasteiger charge is 2.68. The quantitative estimate of drug-likeness (QED) is 0.0775. The number of carbonyl (C=O) groups excluding carboxylic acids is 1. The highest BCUT2D eigenvalue weighted by molar-refractivity contribution is 5.85. The minimum atomic E-state index is -1.86. The maximum Gasteiger partial charge on any atom is 0.331 e. The molecule has 0 aromatic heterocycles. The smallest absolute Gasteiger partial charge is 0.331 e. The van der Waals surface area contributed by atoms with E-state index in [0.717, 1.165) is 37.7 Å². The Morgan fingerprint density at radius 1 is 0.683 bits per heavy atom. The first kappa shape index (κ1) is 45.1. The van der Waals surface area contributed by atoms with E-state index in [-0.39, 0.29) is 49.0 Å². The van der Waals surface area contributed by atoms with Gasteiger partial charge in [0, 0.05) is 18.1 Å². The van der Waals surface area contributed by atoms with Gasteiger partial charge >= 0.3 is 5.97 Å². The highest BCUT2D eigenvalue weighted by atomic mass is 16.8. The molecule has 11 N–H and O–H groups in total. The van der Waals surface area contributed by atoms with E-state index in [1.54, 1.807) is 13.0 Å². The molecule has 7 fully saturated rings. The molecular formula is C41H64O19. The number of aliphatic hydroxyl groups is 11. The van der Waals surface area contributed by atoms with Crippen molar-refractivity contribution in [1.29, 1.82) is 0 Å². The van der Waals surface area contributed by atoms with Crippen LogP contribution in [0.5, 0.6) is 0 Å². The molecule has 0 unspecified atom stereocenters. The minimum absolute atomic E-state index is 0.00142. The molecular weight excluding hydrogens is 796 g/mol. The maximum atomic E-state index is 12.6. The summed E-state index contributed by atoms with van der Waals surface area (Å²) in [4.78, 5) is 11.9. The zero-order chi connectivity index (χ0) is 43.1. The van der Waals surface area contributed by atoms with Gasteiger partial charge < -0.3 is 89.3 Å². The van der Waals surface area contributed by atoms with Crippen LogP contribution in [0.4, 0.5) is 0 Å². The van der Waals surface area contributed by atoms with E-state index in [4.69, 9.17) is 33.2 Å². The van der Waals surface area contributed by atoms with Crippen molar-refractivity contribution in [2.45, 2.75) is 175 Å². The van der Waals surface area contributed by atoms with E-state index >= 15 is 0 Å². The molecule has 4 aliphatic heterocycles. The second-order valence-corrected chi connectivity index (χ2v) is 19.0. The van der Waals surface area contributed by atoms with Crippen molar-refractivity contribution >= 4 is 5.97 Å². The van der Waals surface area contributed by atoms with Crippen LogP contribution in [-0.4, -0.2) is 192 Å². The maximum absolute atomic E-state index is 12.6. The molecule has 4 aliphatic carbocycles. The molecule has 4 saturated carbocycles. The third-order valence-corrected chi connectivity index (χ3v) is 16.3. The van der Waals surface area contributed by atoms with E-state index in [2.05, 4.69) is 6.92 Å². The fourth-order valence-corrected chi connectivity index (χ4v) is 12.9. The van der Waals surface area contributed by atoms with E-state index in [1.165, 1.54) is 0 Å². The molecule has 0 bridgehead atoms. The molecule has 60 heavy (non-hydrogen) atoms. The van der Waals surface area contributed by atoms with E-state index in [1.807, 2.05) is 0 Å². The molecule has 19 nitrogen and oxygen atoms in total. The Morgan fingerprint density at radius 3 is 1.97 bits per heavy atom. The van der Waals surface area contributed by atoms with Crippen molar-refractivity contribution in [3.05, 3.63) is 11.6 Å². The third kappa shape index (κ3) is 7.30. The monoisotopic (exact) mass is 860 g/mol. The molecule has 0 aromatic rings. The van der Waals surface area contributed by atoms with Gasteiger partial charge in [-0.1, -0.05) is 6.92 Å².